The lowest BCUT2D eigenvalue weighted by Crippen LogP contribution is -2.53. The number of alkyl halides is 6. The number of benzene rings is 1. The van der Waals surface area contributed by atoms with Crippen molar-refractivity contribution >= 4 is 5.69 Å². The first-order valence-electron chi connectivity index (χ1n) is 11.2. The minimum Gasteiger partial charge on any atom is -0.417 e. The quantitative estimate of drug-likeness (QED) is 0.448. The van der Waals surface area contributed by atoms with Gasteiger partial charge in [-0.15, -0.1) is 10.2 Å². The molecule has 2 aromatic rings. The van der Waals surface area contributed by atoms with Crippen LogP contribution in [-0.2, 0) is 17.1 Å². The molecule has 13 heteroatoms. The summed E-state index contributed by atoms with van der Waals surface area (Å²) in [7, 11) is 0. The molecule has 4 rings (SSSR count). The van der Waals surface area contributed by atoms with Crippen molar-refractivity contribution in [1.82, 2.24) is 15.1 Å². The highest BCUT2D eigenvalue weighted by atomic mass is 19.4. The van der Waals surface area contributed by atoms with Crippen LogP contribution in [0, 0.1) is 5.92 Å². The Kier molecular flexibility index (Phi) is 7.43. The van der Waals surface area contributed by atoms with Gasteiger partial charge in [-0.25, -0.2) is 0 Å². The van der Waals surface area contributed by atoms with Gasteiger partial charge < -0.3 is 19.2 Å². The van der Waals surface area contributed by atoms with Crippen molar-refractivity contribution in [2.24, 2.45) is 5.92 Å². The Hall–Kier alpha value is -2.90. The molecule has 1 N–H and O–H groups in total. The van der Waals surface area contributed by atoms with Gasteiger partial charge in [0.25, 0.3) is 0 Å². The lowest BCUT2D eigenvalue weighted by atomic mass is 9.87. The maximum absolute atomic E-state index is 13.4. The second-order valence-electron chi connectivity index (χ2n) is 8.60. The summed E-state index contributed by atoms with van der Waals surface area (Å²) in [6.07, 6.45) is -5.54. The highest BCUT2D eigenvalue weighted by Gasteiger charge is 2.39. The van der Waals surface area contributed by atoms with Crippen molar-refractivity contribution in [3.63, 3.8) is 0 Å². The number of allylic oxidation sites excluding steroid dienone is 2. The number of nitrogens with zero attached hydrogens (tertiary/aromatic N) is 4. The van der Waals surface area contributed by atoms with E-state index in [9.17, 15) is 31.4 Å². The third-order valence-corrected chi connectivity index (χ3v) is 6.04. The maximum Gasteiger partial charge on any atom is 0.470 e. The molecule has 7 nitrogen and oxygen atoms in total. The predicted octanol–water partition coefficient (Wildman–Crippen LogP) is 4.44. The van der Waals surface area contributed by atoms with Gasteiger partial charge in [-0.3, -0.25) is 4.90 Å². The standard InChI is InChI=1S/C23H24F6N4O3/c1-14-11-15(5-6-18(14)19-30-31-20(36-19)23(27,28)29)13-33(21(34)32-7-9-35-10-8-32)17-4-2-3-16(12-17)22(24,25)26/h2-6,11-12,14,18,21,34H,7-10,13H2,1H3. The Morgan fingerprint density at radius 1 is 1.11 bits per heavy atom. The van der Waals surface area contributed by atoms with Crippen molar-refractivity contribution in [1.29, 1.82) is 0 Å². The van der Waals surface area contributed by atoms with E-state index < -0.39 is 36.1 Å². The van der Waals surface area contributed by atoms with Crippen molar-refractivity contribution in [2.75, 3.05) is 37.7 Å². The van der Waals surface area contributed by atoms with Crippen LogP contribution in [0.3, 0.4) is 0 Å². The zero-order valence-corrected chi connectivity index (χ0v) is 19.1. The molecule has 0 amide bonds. The van der Waals surface area contributed by atoms with Crippen LogP contribution in [0.25, 0.3) is 0 Å². The molecule has 0 bridgehead atoms. The normalized spacial score (nSPS) is 22.4. The van der Waals surface area contributed by atoms with E-state index in [0.717, 1.165) is 12.1 Å². The van der Waals surface area contributed by atoms with Crippen molar-refractivity contribution in [3.8, 4) is 0 Å². The van der Waals surface area contributed by atoms with Crippen LogP contribution in [0.5, 0.6) is 0 Å². The Labute approximate surface area is 202 Å². The highest BCUT2D eigenvalue weighted by molar-refractivity contribution is 5.52. The molecule has 3 unspecified atom stereocenters. The second kappa shape index (κ2) is 10.2. The topological polar surface area (TPSA) is 74.9 Å². The molecule has 2 heterocycles. The zero-order chi connectivity index (χ0) is 26.1. The molecule has 196 valence electrons. The molecule has 0 radical (unpaired) electrons. The molecule has 36 heavy (non-hydrogen) atoms. The summed E-state index contributed by atoms with van der Waals surface area (Å²) in [5.74, 6) is -2.58. The minimum absolute atomic E-state index is 0.0467. The average Bonchev–Trinajstić information content (AvgIpc) is 3.33. The Bertz CT molecular complexity index is 1110. The van der Waals surface area contributed by atoms with Crippen LogP contribution in [0.1, 0.15) is 30.2 Å². The predicted molar refractivity (Wildman–Crippen MR) is 116 cm³/mol. The summed E-state index contributed by atoms with van der Waals surface area (Å²) in [5, 5.41) is 17.7. The van der Waals surface area contributed by atoms with Crippen LogP contribution < -0.4 is 4.90 Å². The summed E-state index contributed by atoms with van der Waals surface area (Å²) in [6.45, 7) is 3.33. The van der Waals surface area contributed by atoms with E-state index in [-0.39, 0.29) is 24.0 Å². The summed E-state index contributed by atoms with van der Waals surface area (Å²) in [4.78, 5) is 3.14. The largest absolute Gasteiger partial charge is 0.470 e. The van der Waals surface area contributed by atoms with E-state index >= 15 is 0 Å². The second-order valence-corrected chi connectivity index (χ2v) is 8.60. The number of aliphatic hydroxyl groups excluding tert-OH is 1. The molecule has 0 saturated carbocycles. The van der Waals surface area contributed by atoms with E-state index in [0.29, 0.717) is 31.9 Å². The Morgan fingerprint density at radius 2 is 1.83 bits per heavy atom. The van der Waals surface area contributed by atoms with Gasteiger partial charge in [0.1, 0.15) is 0 Å². The van der Waals surface area contributed by atoms with Crippen LogP contribution in [-0.4, -0.2) is 59.4 Å². The number of hydrogen-bond donors (Lipinski definition) is 1. The molecular formula is C23H24F6N4O3. The molecule has 1 fully saturated rings. The fraction of sp³-hybridized carbons (Fsp3) is 0.478. The highest BCUT2D eigenvalue weighted by Crippen LogP contribution is 2.36. The van der Waals surface area contributed by atoms with Crippen molar-refractivity contribution in [2.45, 2.75) is 31.5 Å². The number of aromatic nitrogens is 2. The molecule has 1 aliphatic carbocycles. The summed E-state index contributed by atoms with van der Waals surface area (Å²) >= 11 is 0. The lowest BCUT2D eigenvalue weighted by molar-refractivity contribution is -0.157. The average molecular weight is 518 g/mol. The number of rotatable bonds is 6. The lowest BCUT2D eigenvalue weighted by Gasteiger charge is -2.40. The van der Waals surface area contributed by atoms with Crippen LogP contribution in [0.2, 0.25) is 0 Å². The van der Waals surface area contributed by atoms with Crippen molar-refractivity contribution in [3.05, 3.63) is 65.4 Å². The number of morpholine rings is 1. The van der Waals surface area contributed by atoms with Crippen LogP contribution >= 0.6 is 0 Å². The van der Waals surface area contributed by atoms with E-state index in [2.05, 4.69) is 10.2 Å². The van der Waals surface area contributed by atoms with Gasteiger partial charge in [0.05, 0.1) is 24.7 Å². The molecule has 2 aliphatic rings. The maximum atomic E-state index is 13.4. The monoisotopic (exact) mass is 518 g/mol. The number of halogens is 6. The van der Waals surface area contributed by atoms with Gasteiger partial charge in [-0.05, 0) is 29.7 Å². The van der Waals surface area contributed by atoms with Gasteiger partial charge in [-0.1, -0.05) is 31.2 Å². The zero-order valence-electron chi connectivity index (χ0n) is 19.1. The van der Waals surface area contributed by atoms with Gasteiger partial charge in [0.2, 0.25) is 5.89 Å². The number of anilines is 1. The Balaban J connectivity index is 1.58. The molecule has 1 aromatic carbocycles. The van der Waals surface area contributed by atoms with Gasteiger partial charge in [0.15, 0.2) is 6.35 Å². The first kappa shape index (κ1) is 26.2. The SMILES string of the molecule is CC1C=C(CN(c2cccc(C(F)(F)F)c2)C(O)N2CCOCC2)C=CC1c1nnc(C(F)(F)F)o1. The van der Waals surface area contributed by atoms with Gasteiger partial charge >= 0.3 is 18.2 Å². The third kappa shape index (κ3) is 5.90. The molecule has 0 spiro atoms. The summed E-state index contributed by atoms with van der Waals surface area (Å²) in [5.41, 5.74) is -0.0312. The fourth-order valence-corrected chi connectivity index (χ4v) is 4.17. The number of hydrogen-bond acceptors (Lipinski definition) is 7. The molecule has 3 atom stereocenters. The first-order chi connectivity index (χ1) is 16.9. The van der Waals surface area contributed by atoms with Gasteiger partial charge in [0, 0.05) is 25.3 Å². The van der Waals surface area contributed by atoms with E-state index in [4.69, 9.17) is 9.15 Å². The molecule has 1 saturated heterocycles. The van der Waals surface area contributed by atoms with E-state index in [1.54, 1.807) is 30.1 Å². The first-order valence-corrected chi connectivity index (χ1v) is 11.2. The summed E-state index contributed by atoms with van der Waals surface area (Å²) in [6, 6.07) is 4.68. The molecule has 1 aromatic heterocycles. The molecular weight excluding hydrogens is 494 g/mol. The third-order valence-electron chi connectivity index (χ3n) is 6.04. The number of aliphatic hydroxyl groups is 1. The minimum atomic E-state index is -4.76. The summed E-state index contributed by atoms with van der Waals surface area (Å²) < 4.78 is 88.7. The smallest absolute Gasteiger partial charge is 0.417 e. The Morgan fingerprint density at radius 3 is 2.44 bits per heavy atom. The fourth-order valence-electron chi connectivity index (χ4n) is 4.17. The van der Waals surface area contributed by atoms with E-state index in [1.165, 1.54) is 17.0 Å². The number of ether oxygens (including phenoxy) is 1. The van der Waals surface area contributed by atoms with Gasteiger partial charge in [-0.2, -0.15) is 26.3 Å². The van der Waals surface area contributed by atoms with Crippen LogP contribution in [0.15, 0.2) is 52.5 Å². The van der Waals surface area contributed by atoms with E-state index in [1.807, 2.05) is 0 Å². The molecule has 1 aliphatic heterocycles. The van der Waals surface area contributed by atoms with Crippen LogP contribution in [0.4, 0.5) is 32.0 Å². The van der Waals surface area contributed by atoms with Crippen molar-refractivity contribution < 1.29 is 40.6 Å².